The van der Waals surface area contributed by atoms with Gasteiger partial charge in [-0.05, 0) is 91.8 Å². The number of phenols is 1. The monoisotopic (exact) mass is 1610 g/mol. The number of aromatic nitrogens is 1. The number of aromatic amines is 1. The number of carbonyl (C=O) groups is 15. The van der Waals surface area contributed by atoms with Crippen molar-refractivity contribution in [1.29, 1.82) is 5.41 Å². The van der Waals surface area contributed by atoms with Gasteiger partial charge in [-0.3, -0.25) is 72.5 Å². The lowest BCUT2D eigenvalue weighted by molar-refractivity contribution is -0.143. The van der Waals surface area contributed by atoms with Crippen LogP contribution < -0.4 is 91.6 Å². The largest absolute Gasteiger partial charge is 0.508 e. The molecule has 0 unspecified atom stereocenters. The predicted molar refractivity (Wildman–Crippen MR) is 414 cm³/mol. The Balaban J connectivity index is 1.35. The van der Waals surface area contributed by atoms with Crippen molar-refractivity contribution < 1.29 is 103 Å². The summed E-state index contributed by atoms with van der Waals surface area (Å²) in [6.07, 6.45) is 4.31. The summed E-state index contributed by atoms with van der Waals surface area (Å²) in [6.45, 7) is -1.56. The molecular formula is C75H109N19O21. The first kappa shape index (κ1) is 93.7. The Labute approximate surface area is 662 Å². The van der Waals surface area contributed by atoms with E-state index >= 15 is 0 Å². The van der Waals surface area contributed by atoms with Crippen molar-refractivity contribution in [1.82, 2.24) is 79.4 Å². The van der Waals surface area contributed by atoms with E-state index in [2.05, 4.69) is 79.4 Å². The van der Waals surface area contributed by atoms with E-state index in [1.165, 1.54) is 24.3 Å². The number of aromatic hydroxyl groups is 1. The molecule has 0 bridgehead atoms. The number of guanidine groups is 1. The lowest BCUT2D eigenvalue weighted by atomic mass is 9.84. The maximum atomic E-state index is 14.8. The second-order valence-corrected chi connectivity index (χ2v) is 28.3. The number of carbonyl (C=O) groups excluding carboxylic acids is 13. The quantitative estimate of drug-likeness (QED) is 0.0111. The molecule has 1 aliphatic rings. The van der Waals surface area contributed by atoms with Crippen molar-refractivity contribution in [3.8, 4) is 5.75 Å². The standard InChI is InChI=1S/C75H109N19O21/c1-41(2)28-51(67(107)92-55(71(111)94-59(40-97)74(114)115)32-45-34-81-49-20-10-9-18-47(45)49)88-68(108)54(31-44-22-24-46(98)25-23-44)89-66(106)50(21-13-27-80-75(78)79)87-73(113)58(39-96)93-70(110)53(30-43-16-7-4-8-17-43)90-69(109)52(29-42-14-5-3-6-15-42)91-72(112)56(33-63(102)103)85-62(101)37-84-65(105)57(38-95)86-61(100)36-82-60(99)35-83-64(104)48(77)19-11-12-26-76/h4,7-10,16-18,20,22-25,34,41-42,48,50-59,81,95-98H,3,5-6,11-15,19,21,26-33,35-40,76-77H2,1-2H3,(H,82,99)(H,83,104)(H,84,105)(H,85,101)(H,86,100)(H,87,113)(H,88,108)(H,89,106)(H,90,109)(H,91,112)(H,92,107)(H,93,110)(H,94,111)(H,102,103)(H,114,115)(H4,78,79,80)/t48-,50+,51-,52-,53-,54-,55-,56-,57-,58+,59-/m0/s1. The van der Waals surface area contributed by atoms with Gasteiger partial charge in [0.15, 0.2) is 5.96 Å². The third-order valence-corrected chi connectivity index (χ3v) is 18.6. The number of phenolic OH excluding ortho intramolecular Hbond substituents is 1. The maximum Gasteiger partial charge on any atom is 0.328 e. The molecular weight excluding hydrogens is 1500 g/mol. The number of rotatable bonds is 50. The second-order valence-electron chi connectivity index (χ2n) is 28.3. The first-order valence-corrected chi connectivity index (χ1v) is 37.8. The first-order chi connectivity index (χ1) is 54.8. The minimum absolute atomic E-state index is 0.00999. The average molecular weight is 1610 g/mol. The van der Waals surface area contributed by atoms with E-state index in [4.69, 9.17) is 22.6 Å². The van der Waals surface area contributed by atoms with Crippen LogP contribution in [0.2, 0.25) is 0 Å². The molecule has 1 aliphatic carbocycles. The number of unbranched alkanes of at least 4 members (excludes halogenated alkanes) is 1. The number of aliphatic hydroxyl groups excluding tert-OH is 3. The van der Waals surface area contributed by atoms with E-state index in [0.717, 1.165) is 19.3 Å². The zero-order valence-corrected chi connectivity index (χ0v) is 64.1. The number of benzene rings is 3. The highest BCUT2D eigenvalue weighted by molar-refractivity contribution is 6.00. The Morgan fingerprint density at radius 3 is 1.53 bits per heavy atom. The fourth-order valence-corrected chi connectivity index (χ4v) is 12.5. The summed E-state index contributed by atoms with van der Waals surface area (Å²) in [6, 6.07) is 3.04. The highest BCUT2D eigenvalue weighted by Crippen LogP contribution is 2.28. The predicted octanol–water partition coefficient (Wildman–Crippen LogP) is -5.63. The molecule has 40 heteroatoms. The summed E-state index contributed by atoms with van der Waals surface area (Å²) in [5.41, 5.74) is 18.8. The summed E-state index contributed by atoms with van der Waals surface area (Å²) in [7, 11) is 0. The molecule has 11 atom stereocenters. The van der Waals surface area contributed by atoms with Crippen LogP contribution in [0.3, 0.4) is 0 Å². The topological polar surface area (TPSA) is 664 Å². The van der Waals surface area contributed by atoms with Crippen LogP contribution >= 0.6 is 0 Å². The Bertz CT molecular complexity index is 3960. The van der Waals surface area contributed by atoms with Gasteiger partial charge >= 0.3 is 11.9 Å². The van der Waals surface area contributed by atoms with E-state index < -0.39 is 207 Å². The van der Waals surface area contributed by atoms with Crippen molar-refractivity contribution >= 4 is 106 Å². The molecule has 3 aromatic carbocycles. The number of hydrogen-bond acceptors (Lipinski definition) is 22. The van der Waals surface area contributed by atoms with Crippen LogP contribution in [0.4, 0.5) is 0 Å². The highest BCUT2D eigenvalue weighted by atomic mass is 16.4. The van der Waals surface area contributed by atoms with Gasteiger partial charge in [-0.1, -0.05) is 113 Å². The molecule has 5 rings (SSSR count). The number of para-hydroxylation sites is 1. The Morgan fingerprint density at radius 2 is 0.948 bits per heavy atom. The Kier molecular flexibility index (Phi) is 39.9. The van der Waals surface area contributed by atoms with Crippen LogP contribution in [0.1, 0.15) is 114 Å². The number of aliphatic hydroxyl groups is 3. The lowest BCUT2D eigenvalue weighted by Crippen LogP contribution is -2.61. The molecule has 0 saturated heterocycles. The van der Waals surface area contributed by atoms with E-state index in [1.54, 1.807) is 74.6 Å². The number of nitrogens with one attached hydrogen (secondary N) is 16. The molecule has 1 fully saturated rings. The molecule has 40 nitrogen and oxygen atoms in total. The summed E-state index contributed by atoms with van der Waals surface area (Å²) >= 11 is 0. The van der Waals surface area contributed by atoms with E-state index in [-0.39, 0.29) is 69.1 Å². The zero-order valence-electron chi connectivity index (χ0n) is 64.1. The maximum absolute atomic E-state index is 14.8. The molecule has 1 heterocycles. The second kappa shape index (κ2) is 48.9. The summed E-state index contributed by atoms with van der Waals surface area (Å²) < 4.78 is 0. The van der Waals surface area contributed by atoms with Crippen LogP contribution in [0.5, 0.6) is 5.75 Å². The molecule has 1 saturated carbocycles. The summed E-state index contributed by atoms with van der Waals surface area (Å²) in [5, 5.41) is 103. The average Bonchev–Trinajstić information content (AvgIpc) is 1.43. The lowest BCUT2D eigenvalue weighted by Gasteiger charge is -2.30. The smallest absolute Gasteiger partial charge is 0.328 e. The van der Waals surface area contributed by atoms with Gasteiger partial charge in [-0.25, -0.2) is 4.79 Å². The van der Waals surface area contributed by atoms with Gasteiger partial charge in [0.2, 0.25) is 76.8 Å². The number of fused-ring (bicyclic) bond motifs is 1. The molecule has 1 aromatic heterocycles. The number of carboxylic acid groups (broad SMARTS) is 2. The minimum Gasteiger partial charge on any atom is -0.508 e. The number of aliphatic carboxylic acids is 2. The normalized spacial score (nSPS) is 14.9. The van der Waals surface area contributed by atoms with Crippen LogP contribution in [0.25, 0.3) is 10.9 Å². The Morgan fingerprint density at radius 1 is 0.478 bits per heavy atom. The number of amides is 13. The number of H-pyrrole nitrogens is 1. The van der Waals surface area contributed by atoms with Crippen molar-refractivity contribution in [3.05, 3.63) is 102 Å². The van der Waals surface area contributed by atoms with Crippen molar-refractivity contribution in [3.63, 3.8) is 0 Å². The van der Waals surface area contributed by atoms with Gasteiger partial charge in [-0.15, -0.1) is 0 Å². The van der Waals surface area contributed by atoms with Crippen molar-refractivity contribution in [2.45, 2.75) is 183 Å². The van der Waals surface area contributed by atoms with Gasteiger partial charge in [-0.2, -0.15) is 0 Å². The van der Waals surface area contributed by atoms with Crippen LogP contribution in [-0.2, 0) is 91.2 Å². The van der Waals surface area contributed by atoms with Crippen LogP contribution in [0.15, 0.2) is 85.1 Å². The van der Waals surface area contributed by atoms with E-state index in [9.17, 15) is 103 Å². The number of nitrogens with two attached hydrogens (primary N) is 3. The van der Waals surface area contributed by atoms with Gasteiger partial charge in [0.05, 0.1) is 51.9 Å². The molecule has 13 amide bonds. The van der Waals surface area contributed by atoms with Gasteiger partial charge in [0.1, 0.15) is 66.2 Å². The molecule has 4 aromatic rings. The van der Waals surface area contributed by atoms with Gasteiger partial charge in [0, 0.05) is 42.9 Å². The SMILES string of the molecule is CC(C)C[C@H](NC(=O)[C@H](Cc1ccc(O)cc1)NC(=O)[C@@H](CCCNC(=N)N)NC(=O)[C@@H](CO)NC(=O)[C@H](Cc1ccccc1)NC(=O)[C@H](CC1CCCCC1)NC(=O)[C@H](CC(=O)O)NC(=O)CNC(=O)[C@H](CO)NC(=O)CNC(=O)CNC(=O)[C@@H](N)CCCCN)C(=O)N[C@@H](Cc1c[nH]c2ccccc12)C(=O)N[C@@H](CO)C(=O)O. The van der Waals surface area contributed by atoms with Crippen LogP contribution in [0, 0.1) is 17.2 Å². The van der Waals surface area contributed by atoms with Crippen molar-refractivity contribution in [2.75, 3.05) is 52.5 Å². The molecule has 115 heavy (non-hydrogen) atoms. The van der Waals surface area contributed by atoms with E-state index in [1.807, 2.05) is 0 Å². The molecule has 28 N–H and O–H groups in total. The third-order valence-electron chi connectivity index (χ3n) is 18.6. The molecule has 0 spiro atoms. The number of carboxylic acids is 2. The first-order valence-electron chi connectivity index (χ1n) is 37.8. The van der Waals surface area contributed by atoms with Crippen molar-refractivity contribution in [2.24, 2.45) is 29.0 Å². The van der Waals surface area contributed by atoms with Gasteiger partial charge < -0.3 is 127 Å². The van der Waals surface area contributed by atoms with Crippen LogP contribution in [-0.4, -0.2) is 249 Å². The molecule has 0 radical (unpaired) electrons. The highest BCUT2D eigenvalue weighted by Gasteiger charge is 2.38. The van der Waals surface area contributed by atoms with E-state index in [0.29, 0.717) is 66.2 Å². The zero-order chi connectivity index (χ0) is 84.7. The Hall–Kier alpha value is -11.9. The summed E-state index contributed by atoms with van der Waals surface area (Å²) in [4.78, 5) is 208. The number of hydrogen-bond donors (Lipinski definition) is 25. The molecule has 0 aliphatic heterocycles. The fourth-order valence-electron chi connectivity index (χ4n) is 12.5. The summed E-state index contributed by atoms with van der Waals surface area (Å²) in [5.74, 6) is -17.4. The molecule has 630 valence electrons. The fraction of sp³-hybridized carbons (Fsp3) is 0.520. The van der Waals surface area contributed by atoms with Gasteiger partial charge in [0.25, 0.3) is 0 Å². The minimum atomic E-state index is -1.93. The third kappa shape index (κ3) is 33.4.